The van der Waals surface area contributed by atoms with Crippen molar-refractivity contribution in [2.45, 2.75) is 5.16 Å². The molecule has 25 heavy (non-hydrogen) atoms. The van der Waals surface area contributed by atoms with Crippen molar-refractivity contribution >= 4 is 39.3 Å². The molecule has 128 valence electrons. The Morgan fingerprint density at radius 2 is 2.08 bits per heavy atom. The normalized spacial score (nSPS) is 10.5. The lowest BCUT2D eigenvalue weighted by Crippen LogP contribution is -2.14. The van der Waals surface area contributed by atoms with Gasteiger partial charge in [-0.25, -0.2) is 0 Å². The molecule has 0 radical (unpaired) electrons. The Balaban J connectivity index is 1.65. The van der Waals surface area contributed by atoms with E-state index in [1.807, 2.05) is 53.1 Å². The van der Waals surface area contributed by atoms with Crippen LogP contribution in [0.25, 0.3) is 5.69 Å². The molecule has 1 amide bonds. The van der Waals surface area contributed by atoms with Crippen LogP contribution in [0.2, 0.25) is 0 Å². The second-order valence-corrected chi connectivity index (χ2v) is 6.89. The van der Waals surface area contributed by atoms with Crippen LogP contribution >= 0.6 is 27.7 Å². The van der Waals surface area contributed by atoms with Crippen molar-refractivity contribution in [3.8, 4) is 11.4 Å². The number of hydrogen-bond acceptors (Lipinski definition) is 5. The Labute approximate surface area is 157 Å². The lowest BCUT2D eigenvalue weighted by atomic mass is 10.3. The maximum Gasteiger partial charge on any atom is 0.234 e. The number of rotatable bonds is 6. The van der Waals surface area contributed by atoms with Gasteiger partial charge in [0.2, 0.25) is 5.91 Å². The van der Waals surface area contributed by atoms with Gasteiger partial charge in [-0.15, -0.1) is 10.2 Å². The summed E-state index contributed by atoms with van der Waals surface area (Å²) in [6.07, 6.45) is 1.61. The molecule has 0 aliphatic rings. The fraction of sp³-hybridized carbons (Fsp3) is 0.118. The number of aromatic nitrogens is 3. The molecule has 1 aromatic heterocycles. The van der Waals surface area contributed by atoms with Gasteiger partial charge in [-0.2, -0.15) is 0 Å². The molecule has 0 atom stereocenters. The number of benzene rings is 2. The van der Waals surface area contributed by atoms with Gasteiger partial charge < -0.3 is 10.1 Å². The summed E-state index contributed by atoms with van der Waals surface area (Å²) in [5.74, 6) is 0.876. The lowest BCUT2D eigenvalue weighted by Gasteiger charge is -2.08. The predicted octanol–water partition coefficient (Wildman–Crippen LogP) is 3.77. The summed E-state index contributed by atoms with van der Waals surface area (Å²) >= 11 is 4.68. The number of methoxy groups -OCH3 is 1. The van der Waals surface area contributed by atoms with Crippen LogP contribution in [0, 0.1) is 0 Å². The number of thioether (sulfide) groups is 1. The molecule has 0 unspecified atom stereocenters. The molecule has 0 aliphatic heterocycles. The fourth-order valence-corrected chi connectivity index (χ4v) is 3.11. The molecule has 8 heteroatoms. The monoisotopic (exact) mass is 418 g/mol. The smallest absolute Gasteiger partial charge is 0.234 e. The number of amides is 1. The first-order valence-corrected chi connectivity index (χ1v) is 9.16. The topological polar surface area (TPSA) is 69.0 Å². The molecule has 3 aromatic rings. The van der Waals surface area contributed by atoms with Gasteiger partial charge in [0.05, 0.1) is 18.6 Å². The predicted molar refractivity (Wildman–Crippen MR) is 101 cm³/mol. The maximum atomic E-state index is 12.1. The van der Waals surface area contributed by atoms with Crippen LogP contribution in [-0.2, 0) is 4.79 Å². The van der Waals surface area contributed by atoms with Crippen molar-refractivity contribution in [1.29, 1.82) is 0 Å². The molecule has 0 bridgehead atoms. The third kappa shape index (κ3) is 4.61. The number of hydrogen-bond donors (Lipinski definition) is 1. The third-order valence-electron chi connectivity index (χ3n) is 3.31. The Bertz CT molecular complexity index is 867. The first kappa shape index (κ1) is 17.5. The summed E-state index contributed by atoms with van der Waals surface area (Å²) in [7, 11) is 1.62. The molecule has 0 aliphatic carbocycles. The van der Waals surface area contributed by atoms with Crippen molar-refractivity contribution in [1.82, 2.24) is 14.8 Å². The summed E-state index contributed by atoms with van der Waals surface area (Å²) in [4.78, 5) is 12.1. The minimum Gasteiger partial charge on any atom is -0.497 e. The zero-order valence-corrected chi connectivity index (χ0v) is 15.8. The second kappa shape index (κ2) is 8.17. The van der Waals surface area contributed by atoms with Gasteiger partial charge in [0.15, 0.2) is 5.16 Å². The van der Waals surface area contributed by atoms with Gasteiger partial charge in [-0.1, -0.05) is 33.8 Å². The van der Waals surface area contributed by atoms with Gasteiger partial charge in [-0.3, -0.25) is 9.36 Å². The van der Waals surface area contributed by atoms with Gasteiger partial charge >= 0.3 is 0 Å². The van der Waals surface area contributed by atoms with E-state index in [-0.39, 0.29) is 11.7 Å². The van der Waals surface area contributed by atoms with Crippen LogP contribution < -0.4 is 10.1 Å². The maximum absolute atomic E-state index is 12.1. The third-order valence-corrected chi connectivity index (χ3v) is 4.78. The molecule has 2 aromatic carbocycles. The molecular weight excluding hydrogens is 404 g/mol. The van der Waals surface area contributed by atoms with E-state index in [0.29, 0.717) is 5.16 Å². The average Bonchev–Trinajstić information content (AvgIpc) is 3.10. The zero-order valence-electron chi connectivity index (χ0n) is 13.3. The summed E-state index contributed by atoms with van der Waals surface area (Å²) in [6.45, 7) is 0. The standard InChI is InChI=1S/C17H15BrN4O2S/c1-24-15-4-2-3-14(9-15)22-11-19-21-17(22)25-10-16(23)20-13-7-5-12(18)6-8-13/h2-9,11H,10H2,1H3,(H,20,23). The lowest BCUT2D eigenvalue weighted by molar-refractivity contribution is -0.113. The Morgan fingerprint density at radius 3 is 2.84 bits per heavy atom. The summed E-state index contributed by atoms with van der Waals surface area (Å²) < 4.78 is 8.02. The van der Waals surface area contributed by atoms with Crippen molar-refractivity contribution in [3.05, 3.63) is 59.3 Å². The molecule has 0 saturated heterocycles. The Hall–Kier alpha value is -2.32. The van der Waals surface area contributed by atoms with Gasteiger partial charge in [0.25, 0.3) is 0 Å². The number of nitrogens with one attached hydrogen (secondary N) is 1. The highest BCUT2D eigenvalue weighted by molar-refractivity contribution is 9.10. The first-order valence-electron chi connectivity index (χ1n) is 7.38. The highest BCUT2D eigenvalue weighted by Gasteiger charge is 2.11. The summed E-state index contributed by atoms with van der Waals surface area (Å²) in [6, 6.07) is 15.0. The minimum absolute atomic E-state index is 0.104. The molecule has 1 heterocycles. The summed E-state index contributed by atoms with van der Waals surface area (Å²) in [5, 5.41) is 11.5. The second-order valence-electron chi connectivity index (χ2n) is 5.03. The van der Waals surface area contributed by atoms with Crippen LogP contribution in [0.1, 0.15) is 0 Å². The van der Waals surface area contributed by atoms with E-state index in [0.717, 1.165) is 21.6 Å². The quantitative estimate of drug-likeness (QED) is 0.616. The van der Waals surface area contributed by atoms with E-state index in [2.05, 4.69) is 31.4 Å². The average molecular weight is 419 g/mol. The molecule has 0 fully saturated rings. The summed E-state index contributed by atoms with van der Waals surface area (Å²) in [5.41, 5.74) is 1.63. The minimum atomic E-state index is -0.104. The van der Waals surface area contributed by atoms with E-state index >= 15 is 0 Å². The number of anilines is 1. The highest BCUT2D eigenvalue weighted by Crippen LogP contribution is 2.22. The largest absolute Gasteiger partial charge is 0.497 e. The van der Waals surface area contributed by atoms with Crippen LogP contribution in [0.5, 0.6) is 5.75 Å². The van der Waals surface area contributed by atoms with Crippen molar-refractivity contribution in [3.63, 3.8) is 0 Å². The molecular formula is C17H15BrN4O2S. The molecule has 1 N–H and O–H groups in total. The molecule has 0 spiro atoms. The van der Waals surface area contributed by atoms with Crippen LogP contribution in [0.15, 0.2) is 64.5 Å². The van der Waals surface area contributed by atoms with E-state index in [9.17, 15) is 4.79 Å². The van der Waals surface area contributed by atoms with Crippen LogP contribution in [-0.4, -0.2) is 33.5 Å². The molecule has 0 saturated carbocycles. The van der Waals surface area contributed by atoms with Gasteiger partial charge in [0.1, 0.15) is 12.1 Å². The van der Waals surface area contributed by atoms with Gasteiger partial charge in [0, 0.05) is 16.2 Å². The van der Waals surface area contributed by atoms with E-state index in [1.54, 1.807) is 13.4 Å². The fourth-order valence-electron chi connectivity index (χ4n) is 2.12. The SMILES string of the molecule is COc1cccc(-n2cnnc2SCC(=O)Nc2ccc(Br)cc2)c1. The van der Waals surface area contributed by atoms with Crippen molar-refractivity contribution < 1.29 is 9.53 Å². The number of ether oxygens (including phenoxy) is 1. The number of carbonyl (C=O) groups excluding carboxylic acids is 1. The highest BCUT2D eigenvalue weighted by atomic mass is 79.9. The van der Waals surface area contributed by atoms with Crippen molar-refractivity contribution in [2.24, 2.45) is 0 Å². The molecule has 6 nitrogen and oxygen atoms in total. The molecule has 3 rings (SSSR count). The van der Waals surface area contributed by atoms with E-state index < -0.39 is 0 Å². The Kier molecular flexibility index (Phi) is 5.72. The zero-order chi connectivity index (χ0) is 17.6. The number of nitrogens with zero attached hydrogens (tertiary/aromatic N) is 3. The van der Waals surface area contributed by atoms with Crippen LogP contribution in [0.3, 0.4) is 0 Å². The van der Waals surface area contributed by atoms with Gasteiger partial charge in [-0.05, 0) is 36.4 Å². The van der Waals surface area contributed by atoms with Crippen molar-refractivity contribution in [2.75, 3.05) is 18.2 Å². The van der Waals surface area contributed by atoms with Crippen LogP contribution in [0.4, 0.5) is 5.69 Å². The number of halogens is 1. The van der Waals surface area contributed by atoms with E-state index in [1.165, 1.54) is 11.8 Å². The first-order chi connectivity index (χ1) is 12.2. The number of carbonyl (C=O) groups is 1. The Morgan fingerprint density at radius 1 is 1.28 bits per heavy atom. The van der Waals surface area contributed by atoms with E-state index in [4.69, 9.17) is 4.74 Å².